The minimum absolute atomic E-state index is 0.0703. The summed E-state index contributed by atoms with van der Waals surface area (Å²) in [4.78, 5) is 12.8. The fourth-order valence-corrected chi connectivity index (χ4v) is 4.98. The molecule has 0 aliphatic carbocycles. The molecule has 3 aromatic rings. The van der Waals surface area contributed by atoms with E-state index in [0.29, 0.717) is 11.5 Å². The molecular weight excluding hydrogens is 488 g/mol. The predicted molar refractivity (Wildman–Crippen MR) is 138 cm³/mol. The number of aryl methyl sites for hydroxylation is 3. The third-order valence-corrected chi connectivity index (χ3v) is 7.57. The van der Waals surface area contributed by atoms with Crippen LogP contribution in [0, 0.1) is 20.8 Å². The minimum atomic E-state index is -4.04. The molecular formula is C26H29ClN2O5S. The Kier molecular flexibility index (Phi) is 8.64. The summed E-state index contributed by atoms with van der Waals surface area (Å²) in [5, 5.41) is 2.95. The number of nitrogens with one attached hydrogen (secondary N) is 1. The van der Waals surface area contributed by atoms with Crippen LogP contribution in [-0.2, 0) is 14.8 Å². The van der Waals surface area contributed by atoms with Crippen molar-refractivity contribution in [3.8, 4) is 11.5 Å². The second-order valence-corrected chi connectivity index (χ2v) is 10.4. The van der Waals surface area contributed by atoms with Crippen molar-refractivity contribution in [2.24, 2.45) is 0 Å². The van der Waals surface area contributed by atoms with E-state index >= 15 is 0 Å². The first-order chi connectivity index (χ1) is 16.6. The molecule has 0 aromatic heterocycles. The largest absolute Gasteiger partial charge is 0.495 e. The zero-order valence-electron chi connectivity index (χ0n) is 20.2. The van der Waals surface area contributed by atoms with Crippen molar-refractivity contribution in [3.63, 3.8) is 0 Å². The van der Waals surface area contributed by atoms with Gasteiger partial charge in [-0.1, -0.05) is 35.4 Å². The first-order valence-corrected chi connectivity index (χ1v) is 12.8. The fourth-order valence-electron chi connectivity index (χ4n) is 3.31. The van der Waals surface area contributed by atoms with Crippen molar-refractivity contribution in [2.45, 2.75) is 25.7 Å². The summed E-state index contributed by atoms with van der Waals surface area (Å²) in [5.41, 5.74) is 3.45. The summed E-state index contributed by atoms with van der Waals surface area (Å²) in [6.07, 6.45) is 0. The molecule has 0 saturated heterocycles. The first-order valence-electron chi connectivity index (χ1n) is 11.0. The average molecular weight is 517 g/mol. The summed E-state index contributed by atoms with van der Waals surface area (Å²) in [7, 11) is -2.58. The number of amides is 1. The van der Waals surface area contributed by atoms with Crippen LogP contribution in [0.3, 0.4) is 0 Å². The molecule has 0 atom stereocenters. The van der Waals surface area contributed by atoms with Crippen molar-refractivity contribution in [1.82, 2.24) is 5.32 Å². The van der Waals surface area contributed by atoms with Gasteiger partial charge in [-0.15, -0.1) is 0 Å². The number of halogens is 1. The summed E-state index contributed by atoms with van der Waals surface area (Å²) in [5.74, 6) is 0.631. The highest BCUT2D eigenvalue weighted by Crippen LogP contribution is 2.32. The second-order valence-electron chi connectivity index (χ2n) is 8.09. The normalized spacial score (nSPS) is 11.1. The van der Waals surface area contributed by atoms with Crippen molar-refractivity contribution in [1.29, 1.82) is 0 Å². The molecule has 1 N–H and O–H groups in total. The molecule has 0 radical (unpaired) electrons. The molecule has 0 bridgehead atoms. The molecule has 0 heterocycles. The minimum Gasteiger partial charge on any atom is -0.495 e. The van der Waals surface area contributed by atoms with E-state index in [-0.39, 0.29) is 28.8 Å². The maximum Gasteiger partial charge on any atom is 0.264 e. The zero-order chi connectivity index (χ0) is 25.6. The van der Waals surface area contributed by atoms with Gasteiger partial charge in [0, 0.05) is 0 Å². The fraction of sp³-hybridized carbons (Fsp3) is 0.269. The van der Waals surface area contributed by atoms with E-state index in [0.717, 1.165) is 15.4 Å². The van der Waals surface area contributed by atoms with Gasteiger partial charge in [-0.2, -0.15) is 0 Å². The molecule has 0 spiro atoms. The van der Waals surface area contributed by atoms with E-state index in [1.54, 1.807) is 24.3 Å². The van der Waals surface area contributed by atoms with Crippen LogP contribution in [0.4, 0.5) is 5.69 Å². The number of hydrogen-bond acceptors (Lipinski definition) is 5. The number of ether oxygens (including phenoxy) is 2. The molecule has 0 aliphatic rings. The first kappa shape index (κ1) is 26.4. The third-order valence-electron chi connectivity index (χ3n) is 5.49. The van der Waals surface area contributed by atoms with E-state index in [1.807, 2.05) is 39.0 Å². The highest BCUT2D eigenvalue weighted by molar-refractivity contribution is 7.92. The van der Waals surface area contributed by atoms with Crippen molar-refractivity contribution < 1.29 is 22.7 Å². The van der Waals surface area contributed by atoms with Gasteiger partial charge in [-0.3, -0.25) is 9.10 Å². The number of hydrogen-bond donors (Lipinski definition) is 1. The van der Waals surface area contributed by atoms with Gasteiger partial charge >= 0.3 is 0 Å². The molecule has 0 fully saturated rings. The number of carbonyl (C=O) groups is 1. The number of anilines is 1. The van der Waals surface area contributed by atoms with Gasteiger partial charge < -0.3 is 14.8 Å². The van der Waals surface area contributed by atoms with Gasteiger partial charge in [-0.25, -0.2) is 8.42 Å². The Balaban J connectivity index is 1.74. The van der Waals surface area contributed by atoms with Gasteiger partial charge in [0.15, 0.2) is 0 Å². The van der Waals surface area contributed by atoms with Crippen LogP contribution in [0.25, 0.3) is 0 Å². The van der Waals surface area contributed by atoms with Gasteiger partial charge in [0.25, 0.3) is 10.0 Å². The quantitative estimate of drug-likeness (QED) is 0.396. The Labute approximate surface area is 211 Å². The Bertz CT molecular complexity index is 1290. The number of nitrogens with zero attached hydrogens (tertiary/aromatic N) is 1. The van der Waals surface area contributed by atoms with E-state index in [1.165, 1.54) is 30.9 Å². The van der Waals surface area contributed by atoms with E-state index in [2.05, 4.69) is 5.32 Å². The van der Waals surface area contributed by atoms with Gasteiger partial charge in [0.05, 0.1) is 29.3 Å². The number of methoxy groups -OCH3 is 1. The lowest BCUT2D eigenvalue weighted by Crippen LogP contribution is -2.42. The number of sulfonamides is 1. The van der Waals surface area contributed by atoms with Crippen LogP contribution in [0.5, 0.6) is 11.5 Å². The smallest absolute Gasteiger partial charge is 0.264 e. The maximum atomic E-state index is 13.5. The van der Waals surface area contributed by atoms with E-state index in [9.17, 15) is 13.2 Å². The maximum absolute atomic E-state index is 13.5. The molecule has 9 heteroatoms. The lowest BCUT2D eigenvalue weighted by Gasteiger charge is -2.24. The van der Waals surface area contributed by atoms with Gasteiger partial charge in [0.2, 0.25) is 5.91 Å². The lowest BCUT2D eigenvalue weighted by atomic mass is 10.1. The summed E-state index contributed by atoms with van der Waals surface area (Å²) in [6.45, 7) is 5.92. The molecule has 0 unspecified atom stereocenters. The van der Waals surface area contributed by atoms with E-state index < -0.39 is 22.5 Å². The highest BCUT2D eigenvalue weighted by Gasteiger charge is 2.27. The average Bonchev–Trinajstić information content (AvgIpc) is 2.82. The summed E-state index contributed by atoms with van der Waals surface area (Å²) in [6, 6.07) is 16.8. The lowest BCUT2D eigenvalue weighted by molar-refractivity contribution is -0.119. The molecule has 186 valence electrons. The van der Waals surface area contributed by atoms with Gasteiger partial charge in [0.1, 0.15) is 24.7 Å². The van der Waals surface area contributed by atoms with Crippen LogP contribution in [-0.4, -0.2) is 41.1 Å². The van der Waals surface area contributed by atoms with E-state index in [4.69, 9.17) is 21.1 Å². The number of carbonyl (C=O) groups excluding carboxylic acids is 1. The Morgan fingerprint density at radius 3 is 2.31 bits per heavy atom. The highest BCUT2D eigenvalue weighted by atomic mass is 35.5. The Morgan fingerprint density at radius 1 is 0.971 bits per heavy atom. The monoisotopic (exact) mass is 516 g/mol. The molecule has 35 heavy (non-hydrogen) atoms. The van der Waals surface area contributed by atoms with Crippen molar-refractivity contribution >= 4 is 33.2 Å². The second kappa shape index (κ2) is 11.5. The Hall–Kier alpha value is -3.23. The van der Waals surface area contributed by atoms with Crippen LogP contribution >= 0.6 is 11.6 Å². The Morgan fingerprint density at radius 2 is 1.69 bits per heavy atom. The van der Waals surface area contributed by atoms with Crippen molar-refractivity contribution in [2.75, 3.05) is 31.1 Å². The molecule has 3 rings (SSSR count). The van der Waals surface area contributed by atoms with Gasteiger partial charge in [-0.05, 0) is 74.4 Å². The van der Waals surface area contributed by atoms with Crippen LogP contribution < -0.4 is 19.1 Å². The van der Waals surface area contributed by atoms with Crippen LogP contribution in [0.15, 0.2) is 65.6 Å². The zero-order valence-corrected chi connectivity index (χ0v) is 21.7. The molecule has 1 amide bonds. The SMILES string of the molecule is COc1ccc(N(CC(=O)NCCOc2ccc(C)c(C)c2)S(=O)(=O)c2ccc(C)cc2)cc1Cl. The molecule has 0 saturated carbocycles. The molecule has 3 aromatic carbocycles. The summed E-state index contributed by atoms with van der Waals surface area (Å²) < 4.78 is 38.8. The summed E-state index contributed by atoms with van der Waals surface area (Å²) >= 11 is 6.24. The number of rotatable bonds is 10. The van der Waals surface area contributed by atoms with Crippen LogP contribution in [0.1, 0.15) is 16.7 Å². The predicted octanol–water partition coefficient (Wildman–Crippen LogP) is 4.66. The molecule has 7 nitrogen and oxygen atoms in total. The van der Waals surface area contributed by atoms with Crippen molar-refractivity contribution in [3.05, 3.63) is 82.4 Å². The standard InChI is InChI=1S/C26H29ClN2O5S/c1-18-5-10-23(11-6-18)35(31,32)29(21-8-12-25(33-4)24(27)16-21)17-26(30)28-13-14-34-22-9-7-19(2)20(3)15-22/h5-12,15-16H,13-14,17H2,1-4H3,(H,28,30). The third kappa shape index (κ3) is 6.68. The topological polar surface area (TPSA) is 84.9 Å². The van der Waals surface area contributed by atoms with Crippen LogP contribution in [0.2, 0.25) is 5.02 Å². The number of benzene rings is 3. The molecule has 0 aliphatic heterocycles.